The molecule has 1 heterocycles. The number of ether oxygens (including phenoxy) is 1. The van der Waals surface area contributed by atoms with E-state index in [0.29, 0.717) is 6.04 Å². The zero-order valence-electron chi connectivity index (χ0n) is 12.9. The number of aromatic nitrogens is 1. The molecule has 0 spiro atoms. The van der Waals surface area contributed by atoms with Gasteiger partial charge in [0.15, 0.2) is 0 Å². The van der Waals surface area contributed by atoms with Crippen molar-refractivity contribution in [2.24, 2.45) is 0 Å². The lowest BCUT2D eigenvalue weighted by Gasteiger charge is -2.16. The second-order valence-corrected chi connectivity index (χ2v) is 6.01. The Bertz CT molecular complexity index is 607. The minimum atomic E-state index is 0.206. The van der Waals surface area contributed by atoms with E-state index in [1.54, 1.807) is 0 Å². The molecule has 0 amide bonds. The third-order valence-corrected chi connectivity index (χ3v) is 3.92. The lowest BCUT2D eigenvalue weighted by molar-refractivity contribution is 0.204. The first-order valence-electron chi connectivity index (χ1n) is 8.05. The highest BCUT2D eigenvalue weighted by atomic mass is 16.5. The molecule has 0 saturated heterocycles. The molecule has 3 rings (SSSR count). The Kier molecular flexibility index (Phi) is 4.39. The second-order valence-electron chi connectivity index (χ2n) is 6.01. The summed E-state index contributed by atoms with van der Waals surface area (Å²) in [5.74, 6) is 0.779. The van der Waals surface area contributed by atoms with Gasteiger partial charge in [0.25, 0.3) is 0 Å². The van der Waals surface area contributed by atoms with Gasteiger partial charge in [-0.1, -0.05) is 31.5 Å². The molecule has 0 radical (unpaired) electrons. The second kappa shape index (κ2) is 6.44. The van der Waals surface area contributed by atoms with Crippen molar-refractivity contribution in [2.45, 2.75) is 58.2 Å². The Hall–Kier alpha value is -1.61. The van der Waals surface area contributed by atoms with Crippen LogP contribution in [0.4, 0.5) is 0 Å². The smallest absolute Gasteiger partial charge is 0.221 e. The zero-order valence-corrected chi connectivity index (χ0v) is 12.9. The number of benzene rings is 1. The van der Waals surface area contributed by atoms with E-state index < -0.39 is 0 Å². The SMILES string of the molecule is CCCC(C)Oc1nc(CNC2CC2)cc2ccccc12. The maximum atomic E-state index is 6.09. The molecule has 1 saturated carbocycles. The van der Waals surface area contributed by atoms with E-state index in [4.69, 9.17) is 9.72 Å². The summed E-state index contributed by atoms with van der Waals surface area (Å²) in [5, 5.41) is 5.84. The Morgan fingerprint density at radius 3 is 2.90 bits per heavy atom. The lowest BCUT2D eigenvalue weighted by atomic mass is 10.1. The van der Waals surface area contributed by atoms with Gasteiger partial charge in [0.05, 0.1) is 11.8 Å². The predicted molar refractivity (Wildman–Crippen MR) is 86.6 cm³/mol. The summed E-state index contributed by atoms with van der Waals surface area (Å²) in [4.78, 5) is 4.74. The van der Waals surface area contributed by atoms with Crippen LogP contribution in [0.5, 0.6) is 5.88 Å². The van der Waals surface area contributed by atoms with Gasteiger partial charge in [-0.2, -0.15) is 0 Å². The highest BCUT2D eigenvalue weighted by Crippen LogP contribution is 2.26. The number of fused-ring (bicyclic) bond motifs is 1. The standard InChI is InChI=1S/C18H24N2O/c1-3-6-13(2)21-18-17-8-5-4-7-14(17)11-16(20-18)12-19-15-9-10-15/h4-5,7-8,11,13,15,19H,3,6,9-10,12H2,1-2H3. The van der Waals surface area contributed by atoms with Crippen molar-refractivity contribution < 1.29 is 4.74 Å². The maximum Gasteiger partial charge on any atom is 0.221 e. The molecule has 2 aromatic rings. The molecule has 1 unspecified atom stereocenters. The quantitative estimate of drug-likeness (QED) is 0.832. The van der Waals surface area contributed by atoms with Gasteiger partial charge in [-0.3, -0.25) is 0 Å². The molecule has 1 aromatic heterocycles. The average molecular weight is 284 g/mol. The van der Waals surface area contributed by atoms with Gasteiger partial charge in [-0.15, -0.1) is 0 Å². The van der Waals surface area contributed by atoms with E-state index >= 15 is 0 Å². The molecular weight excluding hydrogens is 260 g/mol. The highest BCUT2D eigenvalue weighted by molar-refractivity contribution is 5.87. The van der Waals surface area contributed by atoms with Crippen LogP contribution in [0.15, 0.2) is 30.3 Å². The highest BCUT2D eigenvalue weighted by Gasteiger charge is 2.20. The number of pyridine rings is 1. The van der Waals surface area contributed by atoms with Gasteiger partial charge < -0.3 is 10.1 Å². The first kappa shape index (κ1) is 14.3. The molecule has 3 nitrogen and oxygen atoms in total. The summed E-state index contributed by atoms with van der Waals surface area (Å²) < 4.78 is 6.09. The number of hydrogen-bond donors (Lipinski definition) is 1. The molecule has 112 valence electrons. The predicted octanol–water partition coefficient (Wildman–Crippen LogP) is 4.05. The van der Waals surface area contributed by atoms with Crippen LogP contribution in [-0.4, -0.2) is 17.1 Å². The third kappa shape index (κ3) is 3.73. The van der Waals surface area contributed by atoms with Crippen molar-refractivity contribution in [3.8, 4) is 5.88 Å². The monoisotopic (exact) mass is 284 g/mol. The number of rotatable bonds is 7. The molecule has 1 atom stereocenters. The Morgan fingerprint density at radius 2 is 2.14 bits per heavy atom. The lowest BCUT2D eigenvalue weighted by Crippen LogP contribution is -2.17. The van der Waals surface area contributed by atoms with E-state index in [9.17, 15) is 0 Å². The zero-order chi connectivity index (χ0) is 14.7. The molecule has 1 fully saturated rings. The van der Waals surface area contributed by atoms with Gasteiger partial charge in [-0.05, 0) is 43.7 Å². The fourth-order valence-corrected chi connectivity index (χ4v) is 2.59. The molecular formula is C18H24N2O. The van der Waals surface area contributed by atoms with Crippen LogP contribution in [-0.2, 0) is 6.54 Å². The van der Waals surface area contributed by atoms with Crippen LogP contribution in [0, 0.1) is 0 Å². The summed E-state index contributed by atoms with van der Waals surface area (Å²) >= 11 is 0. The third-order valence-electron chi connectivity index (χ3n) is 3.92. The number of nitrogens with one attached hydrogen (secondary N) is 1. The molecule has 0 aliphatic heterocycles. The summed E-state index contributed by atoms with van der Waals surface area (Å²) in [7, 11) is 0. The average Bonchev–Trinajstić information content (AvgIpc) is 3.29. The minimum Gasteiger partial charge on any atom is -0.474 e. The first-order chi connectivity index (χ1) is 10.3. The van der Waals surface area contributed by atoms with Crippen molar-refractivity contribution in [3.63, 3.8) is 0 Å². The number of nitrogens with zero attached hydrogens (tertiary/aromatic N) is 1. The van der Waals surface area contributed by atoms with Crippen LogP contribution in [0.1, 0.15) is 45.2 Å². The van der Waals surface area contributed by atoms with E-state index in [-0.39, 0.29) is 6.10 Å². The molecule has 1 N–H and O–H groups in total. The summed E-state index contributed by atoms with van der Waals surface area (Å²) in [6, 6.07) is 11.2. The Labute approximate surface area is 126 Å². The van der Waals surface area contributed by atoms with Gasteiger partial charge in [0, 0.05) is 18.0 Å². The topological polar surface area (TPSA) is 34.1 Å². The largest absolute Gasteiger partial charge is 0.474 e. The van der Waals surface area contributed by atoms with Crippen molar-refractivity contribution in [1.82, 2.24) is 10.3 Å². The summed E-state index contributed by atoms with van der Waals surface area (Å²) in [5.41, 5.74) is 1.07. The van der Waals surface area contributed by atoms with E-state index in [0.717, 1.165) is 36.3 Å². The molecule has 3 heteroatoms. The van der Waals surface area contributed by atoms with Crippen molar-refractivity contribution in [1.29, 1.82) is 0 Å². The summed E-state index contributed by atoms with van der Waals surface area (Å²) in [6.45, 7) is 5.13. The molecule has 1 aliphatic carbocycles. The van der Waals surface area contributed by atoms with Crippen molar-refractivity contribution >= 4 is 10.8 Å². The van der Waals surface area contributed by atoms with E-state index in [2.05, 4.69) is 43.4 Å². The van der Waals surface area contributed by atoms with E-state index in [1.165, 1.54) is 18.2 Å². The van der Waals surface area contributed by atoms with Crippen molar-refractivity contribution in [2.75, 3.05) is 0 Å². The van der Waals surface area contributed by atoms with Gasteiger partial charge in [-0.25, -0.2) is 4.98 Å². The molecule has 21 heavy (non-hydrogen) atoms. The molecule has 0 bridgehead atoms. The Balaban J connectivity index is 1.86. The van der Waals surface area contributed by atoms with Crippen molar-refractivity contribution in [3.05, 3.63) is 36.0 Å². The van der Waals surface area contributed by atoms with Crippen LogP contribution < -0.4 is 10.1 Å². The van der Waals surface area contributed by atoms with Crippen LogP contribution in [0.3, 0.4) is 0 Å². The van der Waals surface area contributed by atoms with Gasteiger partial charge >= 0.3 is 0 Å². The molecule has 1 aliphatic rings. The normalized spacial score (nSPS) is 16.1. The Morgan fingerprint density at radius 1 is 1.33 bits per heavy atom. The van der Waals surface area contributed by atoms with Crippen LogP contribution in [0.2, 0.25) is 0 Å². The molecule has 1 aromatic carbocycles. The van der Waals surface area contributed by atoms with Gasteiger partial charge in [0.1, 0.15) is 0 Å². The fraction of sp³-hybridized carbons (Fsp3) is 0.500. The van der Waals surface area contributed by atoms with E-state index in [1.807, 2.05) is 6.07 Å². The summed E-state index contributed by atoms with van der Waals surface area (Å²) in [6.07, 6.45) is 4.98. The van der Waals surface area contributed by atoms with Crippen LogP contribution in [0.25, 0.3) is 10.8 Å². The van der Waals surface area contributed by atoms with Gasteiger partial charge in [0.2, 0.25) is 5.88 Å². The fourth-order valence-electron chi connectivity index (χ4n) is 2.59. The maximum absolute atomic E-state index is 6.09. The van der Waals surface area contributed by atoms with Crippen LogP contribution >= 0.6 is 0 Å². The minimum absolute atomic E-state index is 0.206. The first-order valence-corrected chi connectivity index (χ1v) is 8.05. The number of hydrogen-bond acceptors (Lipinski definition) is 3.